The number of alkyl halides is 5. The van der Waals surface area contributed by atoms with Crippen LogP contribution in [-0.2, 0) is 6.18 Å². The largest absolute Gasteiger partial charge is 0.586 e. The lowest BCUT2D eigenvalue weighted by atomic mass is 10.1. The number of hydrogen-bond acceptors (Lipinski definition) is 7. The zero-order valence-electron chi connectivity index (χ0n) is 17.7. The van der Waals surface area contributed by atoms with E-state index in [1.165, 1.54) is 25.3 Å². The monoisotopic (exact) mass is 472 g/mol. The van der Waals surface area contributed by atoms with Crippen LogP contribution in [0.5, 0.6) is 11.5 Å². The molecule has 0 saturated heterocycles. The molecule has 0 fully saturated rings. The highest BCUT2D eigenvalue weighted by molar-refractivity contribution is 6.05. The number of rotatable bonds is 3. The zero-order valence-corrected chi connectivity index (χ0v) is 17.7. The highest BCUT2D eigenvalue weighted by Crippen LogP contribution is 2.44. The molecule has 0 spiro atoms. The third-order valence-corrected chi connectivity index (χ3v) is 4.26. The summed E-state index contributed by atoms with van der Waals surface area (Å²) >= 11 is 0. The molecule has 4 rings (SSSR count). The molecule has 33 heavy (non-hydrogen) atoms. The van der Waals surface area contributed by atoms with Crippen LogP contribution in [0.15, 0.2) is 29.0 Å². The Labute approximate surface area is 183 Å². The SMILES string of the molecule is CC.Cc1cc2c(cc1-c1cnc(NC(=O)c3c(C)noc3C(F)(F)F)cn1)OC(F)(F)O2. The van der Waals surface area contributed by atoms with E-state index in [9.17, 15) is 26.7 Å². The fourth-order valence-corrected chi connectivity index (χ4v) is 2.92. The Morgan fingerprint density at radius 1 is 1.03 bits per heavy atom. The number of benzene rings is 1. The minimum Gasteiger partial charge on any atom is -0.395 e. The minimum absolute atomic E-state index is 0.132. The molecule has 0 atom stereocenters. The molecule has 0 aliphatic carbocycles. The quantitative estimate of drug-likeness (QED) is 0.512. The summed E-state index contributed by atoms with van der Waals surface area (Å²) in [6, 6.07) is 2.64. The van der Waals surface area contributed by atoms with Crippen molar-refractivity contribution in [1.82, 2.24) is 15.1 Å². The molecular weight excluding hydrogens is 455 g/mol. The van der Waals surface area contributed by atoms with Crippen LogP contribution in [0, 0.1) is 13.8 Å². The third kappa shape index (κ3) is 4.86. The normalized spacial score (nSPS) is 13.8. The van der Waals surface area contributed by atoms with E-state index in [2.05, 4.69) is 34.4 Å². The van der Waals surface area contributed by atoms with Gasteiger partial charge in [0.15, 0.2) is 17.3 Å². The molecule has 1 amide bonds. The molecule has 176 valence electrons. The number of aromatic nitrogens is 3. The third-order valence-electron chi connectivity index (χ3n) is 4.26. The highest BCUT2D eigenvalue weighted by atomic mass is 19.4. The molecule has 0 unspecified atom stereocenters. The Bertz CT molecular complexity index is 1180. The van der Waals surface area contributed by atoms with Gasteiger partial charge in [0.05, 0.1) is 23.8 Å². The van der Waals surface area contributed by atoms with Gasteiger partial charge in [0.2, 0.25) is 0 Å². The first-order chi connectivity index (χ1) is 15.4. The lowest BCUT2D eigenvalue weighted by Crippen LogP contribution is -2.25. The maximum atomic E-state index is 13.2. The number of ether oxygens (including phenoxy) is 2. The highest BCUT2D eigenvalue weighted by Gasteiger charge is 2.44. The predicted octanol–water partition coefficient (Wildman–Crippen LogP) is 5.37. The van der Waals surface area contributed by atoms with Crippen LogP contribution in [-0.4, -0.2) is 27.3 Å². The van der Waals surface area contributed by atoms with Crippen molar-refractivity contribution in [1.29, 1.82) is 0 Å². The van der Waals surface area contributed by atoms with Crippen LogP contribution in [0.1, 0.15) is 41.2 Å². The molecule has 1 aliphatic heterocycles. The van der Waals surface area contributed by atoms with Gasteiger partial charge < -0.3 is 19.3 Å². The van der Waals surface area contributed by atoms with Crippen molar-refractivity contribution in [2.24, 2.45) is 0 Å². The van der Waals surface area contributed by atoms with E-state index in [1.807, 2.05) is 13.8 Å². The molecule has 2 aromatic heterocycles. The average molecular weight is 472 g/mol. The minimum atomic E-state index is -4.91. The number of hydrogen-bond donors (Lipinski definition) is 1. The molecule has 1 aliphatic rings. The van der Waals surface area contributed by atoms with Crippen molar-refractivity contribution in [2.75, 3.05) is 5.32 Å². The molecule has 3 heterocycles. The van der Waals surface area contributed by atoms with Gasteiger partial charge in [-0.15, -0.1) is 8.78 Å². The van der Waals surface area contributed by atoms with Crippen LogP contribution in [0.2, 0.25) is 0 Å². The van der Waals surface area contributed by atoms with Gasteiger partial charge in [-0.2, -0.15) is 13.2 Å². The van der Waals surface area contributed by atoms with E-state index >= 15 is 0 Å². The van der Waals surface area contributed by atoms with E-state index in [0.717, 1.165) is 6.20 Å². The van der Waals surface area contributed by atoms with Gasteiger partial charge in [-0.3, -0.25) is 9.78 Å². The van der Waals surface area contributed by atoms with Crippen molar-refractivity contribution >= 4 is 11.7 Å². The summed E-state index contributed by atoms with van der Waals surface area (Å²) in [6.45, 7) is 6.81. The zero-order chi connectivity index (χ0) is 24.6. The van der Waals surface area contributed by atoms with Gasteiger partial charge in [0.25, 0.3) is 11.7 Å². The number of aryl methyl sites for hydroxylation is 2. The first-order valence-corrected chi connectivity index (χ1v) is 9.52. The maximum Gasteiger partial charge on any atom is 0.586 e. The Hall–Kier alpha value is -3.77. The number of nitrogens with zero attached hydrogens (tertiary/aromatic N) is 3. The molecule has 1 N–H and O–H groups in total. The summed E-state index contributed by atoms with van der Waals surface area (Å²) < 4.78 is 78.4. The standard InChI is InChI=1S/C18H11F5N4O4.C2H6/c1-7-3-11-12(30-18(22,23)29-11)4-9(7)10-5-25-13(6-24-10)26-16(28)14-8(2)27-31-15(14)17(19,20)21;1-2/h3-6H,1-2H3,(H,25,26,28);1-2H3. The van der Waals surface area contributed by atoms with E-state index in [4.69, 9.17) is 0 Å². The molecule has 1 aromatic carbocycles. The number of fused-ring (bicyclic) bond motifs is 1. The molecule has 0 saturated carbocycles. The van der Waals surface area contributed by atoms with Crippen LogP contribution >= 0.6 is 0 Å². The number of anilines is 1. The second-order valence-electron chi connectivity index (χ2n) is 6.49. The van der Waals surface area contributed by atoms with E-state index in [0.29, 0.717) is 11.1 Å². The van der Waals surface area contributed by atoms with Crippen molar-refractivity contribution in [2.45, 2.75) is 40.2 Å². The summed E-state index contributed by atoms with van der Waals surface area (Å²) in [7, 11) is 0. The van der Waals surface area contributed by atoms with E-state index < -0.39 is 29.7 Å². The fraction of sp³-hybridized carbons (Fsp3) is 0.300. The van der Waals surface area contributed by atoms with Crippen molar-refractivity contribution < 1.29 is 40.7 Å². The van der Waals surface area contributed by atoms with Crippen molar-refractivity contribution in [3.63, 3.8) is 0 Å². The van der Waals surface area contributed by atoms with Crippen molar-refractivity contribution in [3.8, 4) is 22.8 Å². The molecular formula is C20H17F5N4O4. The first kappa shape index (κ1) is 23.9. The van der Waals surface area contributed by atoms with Gasteiger partial charge in [0.1, 0.15) is 5.56 Å². The van der Waals surface area contributed by atoms with Crippen LogP contribution in [0.3, 0.4) is 0 Å². The summed E-state index contributed by atoms with van der Waals surface area (Å²) in [5.41, 5.74) is 0.156. The van der Waals surface area contributed by atoms with E-state index in [1.54, 1.807) is 6.92 Å². The number of amides is 1. The van der Waals surface area contributed by atoms with Crippen LogP contribution in [0.4, 0.5) is 27.8 Å². The molecule has 0 radical (unpaired) electrons. The van der Waals surface area contributed by atoms with Gasteiger partial charge in [-0.1, -0.05) is 19.0 Å². The summed E-state index contributed by atoms with van der Waals surface area (Å²) in [5.74, 6) is -3.12. The Balaban J connectivity index is 0.00000149. The number of halogens is 5. The lowest BCUT2D eigenvalue weighted by molar-refractivity contribution is -0.286. The average Bonchev–Trinajstić information content (AvgIpc) is 3.27. The first-order valence-electron chi connectivity index (χ1n) is 9.52. The summed E-state index contributed by atoms with van der Waals surface area (Å²) in [6.07, 6.45) is -6.37. The second-order valence-corrected chi connectivity index (χ2v) is 6.49. The second kappa shape index (κ2) is 8.64. The fourth-order valence-electron chi connectivity index (χ4n) is 2.92. The van der Waals surface area contributed by atoms with Crippen molar-refractivity contribution in [3.05, 3.63) is 47.1 Å². The summed E-state index contributed by atoms with van der Waals surface area (Å²) in [5, 5.41) is 5.37. The van der Waals surface area contributed by atoms with Gasteiger partial charge in [-0.25, -0.2) is 4.98 Å². The topological polar surface area (TPSA) is 99.4 Å². The molecule has 0 bridgehead atoms. The number of carbonyl (C=O) groups excluding carboxylic acids is 1. The molecule has 3 aromatic rings. The van der Waals surface area contributed by atoms with Gasteiger partial charge >= 0.3 is 12.5 Å². The Kier molecular flexibility index (Phi) is 6.25. The Morgan fingerprint density at radius 3 is 2.24 bits per heavy atom. The smallest absolute Gasteiger partial charge is 0.395 e. The van der Waals surface area contributed by atoms with Crippen LogP contribution < -0.4 is 14.8 Å². The van der Waals surface area contributed by atoms with Crippen LogP contribution in [0.25, 0.3) is 11.3 Å². The predicted molar refractivity (Wildman–Crippen MR) is 104 cm³/mol. The van der Waals surface area contributed by atoms with E-state index in [-0.39, 0.29) is 28.7 Å². The summed E-state index contributed by atoms with van der Waals surface area (Å²) in [4.78, 5) is 20.3. The molecule has 13 heteroatoms. The van der Waals surface area contributed by atoms with Gasteiger partial charge in [0, 0.05) is 5.56 Å². The maximum absolute atomic E-state index is 13.2. The van der Waals surface area contributed by atoms with Gasteiger partial charge in [-0.05, 0) is 31.5 Å². The Morgan fingerprint density at radius 2 is 1.67 bits per heavy atom. The lowest BCUT2D eigenvalue weighted by Gasteiger charge is -2.09. The number of carbonyl (C=O) groups is 1. The number of nitrogens with one attached hydrogen (secondary N) is 1. The molecule has 8 nitrogen and oxygen atoms in total.